The van der Waals surface area contributed by atoms with Crippen molar-refractivity contribution in [3.63, 3.8) is 0 Å². The van der Waals surface area contributed by atoms with E-state index in [9.17, 15) is 14.9 Å². The van der Waals surface area contributed by atoms with Crippen LogP contribution in [0.3, 0.4) is 0 Å². The largest absolute Gasteiger partial charge is 0.293 e. The lowest BCUT2D eigenvalue weighted by molar-refractivity contribution is -0.130. The molecule has 0 N–H and O–H groups in total. The first-order chi connectivity index (χ1) is 10.6. The zero-order valence-electron chi connectivity index (χ0n) is 14.5. The van der Waals surface area contributed by atoms with Crippen LogP contribution in [0.15, 0.2) is 34.9 Å². The molecule has 0 amide bonds. The van der Waals surface area contributed by atoms with Gasteiger partial charge in [0.2, 0.25) is 0 Å². The van der Waals surface area contributed by atoms with Crippen molar-refractivity contribution in [2.24, 2.45) is 22.2 Å². The fourth-order valence-corrected chi connectivity index (χ4v) is 5.19. The zero-order valence-corrected chi connectivity index (χ0v) is 14.5. The van der Waals surface area contributed by atoms with Crippen LogP contribution in [0.2, 0.25) is 0 Å². The SMILES string of the molecule is CC1=CC2(C)CC[C@H]3C(C)(C)C(=O)C(C#N)=CC3(C)C2=CC1=O. The Morgan fingerprint density at radius 3 is 2.43 bits per heavy atom. The van der Waals surface area contributed by atoms with Crippen molar-refractivity contribution in [3.05, 3.63) is 34.9 Å². The Hall–Kier alpha value is -1.95. The van der Waals surface area contributed by atoms with E-state index in [0.29, 0.717) is 0 Å². The van der Waals surface area contributed by atoms with Gasteiger partial charge < -0.3 is 0 Å². The molecule has 0 bridgehead atoms. The van der Waals surface area contributed by atoms with Gasteiger partial charge in [-0.15, -0.1) is 0 Å². The third-order valence-electron chi connectivity index (χ3n) is 6.34. The molecule has 3 nitrogen and oxygen atoms in total. The lowest BCUT2D eigenvalue weighted by Crippen LogP contribution is -2.53. The molecule has 0 saturated heterocycles. The van der Waals surface area contributed by atoms with E-state index in [-0.39, 0.29) is 28.5 Å². The van der Waals surface area contributed by atoms with Gasteiger partial charge in [-0.3, -0.25) is 9.59 Å². The summed E-state index contributed by atoms with van der Waals surface area (Å²) in [5.41, 5.74) is 0.895. The topological polar surface area (TPSA) is 57.9 Å². The van der Waals surface area contributed by atoms with Crippen molar-refractivity contribution in [1.82, 2.24) is 0 Å². The number of ketones is 2. The Labute approximate surface area is 137 Å². The minimum absolute atomic E-state index is 0.0426. The van der Waals surface area contributed by atoms with E-state index in [1.54, 1.807) is 6.08 Å². The maximum Gasteiger partial charge on any atom is 0.181 e. The number of nitriles is 1. The van der Waals surface area contributed by atoms with Gasteiger partial charge in [-0.1, -0.05) is 39.8 Å². The van der Waals surface area contributed by atoms with Crippen LogP contribution in [0, 0.1) is 33.5 Å². The lowest BCUT2D eigenvalue weighted by Gasteiger charge is -2.57. The van der Waals surface area contributed by atoms with E-state index in [1.165, 1.54) is 0 Å². The number of fused-ring (bicyclic) bond motifs is 3. The van der Waals surface area contributed by atoms with Crippen LogP contribution < -0.4 is 0 Å². The Morgan fingerprint density at radius 2 is 1.83 bits per heavy atom. The summed E-state index contributed by atoms with van der Waals surface area (Å²) in [6.07, 6.45) is 7.51. The molecular weight excluding hydrogens is 286 g/mol. The highest BCUT2D eigenvalue weighted by molar-refractivity contribution is 6.07. The number of carbonyl (C=O) groups excluding carboxylic acids is 2. The molecule has 0 aromatic carbocycles. The molecule has 0 aromatic heterocycles. The maximum atomic E-state index is 12.6. The first-order valence-electron chi connectivity index (χ1n) is 8.20. The van der Waals surface area contributed by atoms with E-state index in [2.05, 4.69) is 26.0 Å². The second-order valence-electron chi connectivity index (χ2n) is 8.26. The van der Waals surface area contributed by atoms with E-state index >= 15 is 0 Å². The van der Waals surface area contributed by atoms with Gasteiger partial charge in [0, 0.05) is 16.2 Å². The fourth-order valence-electron chi connectivity index (χ4n) is 5.19. The average Bonchev–Trinajstić information content (AvgIpc) is 2.45. The number of rotatable bonds is 0. The summed E-state index contributed by atoms with van der Waals surface area (Å²) in [5, 5.41) is 9.42. The molecule has 120 valence electrons. The highest BCUT2D eigenvalue weighted by Crippen LogP contribution is 2.63. The predicted molar refractivity (Wildman–Crippen MR) is 88.3 cm³/mol. The second-order valence-corrected chi connectivity index (χ2v) is 8.26. The normalized spacial score (nSPS) is 38.6. The summed E-state index contributed by atoms with van der Waals surface area (Å²) in [5.74, 6) is 0.0834. The summed E-state index contributed by atoms with van der Waals surface area (Å²) in [4.78, 5) is 24.9. The minimum Gasteiger partial charge on any atom is -0.293 e. The van der Waals surface area contributed by atoms with Crippen LogP contribution in [0.25, 0.3) is 0 Å². The zero-order chi connectivity index (χ0) is 17.2. The van der Waals surface area contributed by atoms with Crippen LogP contribution in [-0.4, -0.2) is 11.6 Å². The van der Waals surface area contributed by atoms with Gasteiger partial charge in [0.05, 0.1) is 5.57 Å². The molecule has 0 radical (unpaired) electrons. The van der Waals surface area contributed by atoms with Crippen molar-refractivity contribution in [1.29, 1.82) is 5.26 Å². The van der Waals surface area contributed by atoms with E-state index in [1.807, 2.05) is 26.8 Å². The van der Waals surface area contributed by atoms with Crippen LogP contribution in [-0.2, 0) is 9.59 Å². The summed E-state index contributed by atoms with van der Waals surface area (Å²) in [7, 11) is 0. The highest BCUT2D eigenvalue weighted by atomic mass is 16.1. The van der Waals surface area contributed by atoms with Crippen LogP contribution in [0.4, 0.5) is 0 Å². The average molecular weight is 309 g/mol. The van der Waals surface area contributed by atoms with Crippen LogP contribution in [0.1, 0.15) is 47.5 Å². The molecule has 3 atom stereocenters. The Bertz CT molecular complexity index is 759. The number of nitrogens with zero attached hydrogens (tertiary/aromatic N) is 1. The van der Waals surface area contributed by atoms with E-state index in [4.69, 9.17) is 0 Å². The van der Waals surface area contributed by atoms with Gasteiger partial charge in [-0.25, -0.2) is 0 Å². The number of hydrogen-bond donors (Lipinski definition) is 0. The van der Waals surface area contributed by atoms with Crippen LogP contribution in [0.5, 0.6) is 0 Å². The minimum atomic E-state index is -0.587. The monoisotopic (exact) mass is 309 g/mol. The number of hydrogen-bond acceptors (Lipinski definition) is 3. The summed E-state index contributed by atoms with van der Waals surface area (Å²) >= 11 is 0. The molecule has 23 heavy (non-hydrogen) atoms. The van der Waals surface area contributed by atoms with Gasteiger partial charge in [0.15, 0.2) is 11.6 Å². The van der Waals surface area contributed by atoms with Gasteiger partial charge in [-0.05, 0) is 42.9 Å². The summed E-state index contributed by atoms with van der Waals surface area (Å²) in [6.45, 7) is 10.0. The first-order valence-corrected chi connectivity index (χ1v) is 8.20. The molecule has 1 fully saturated rings. The van der Waals surface area contributed by atoms with Crippen molar-refractivity contribution < 1.29 is 9.59 Å². The van der Waals surface area contributed by atoms with Crippen molar-refractivity contribution in [2.75, 3.05) is 0 Å². The Kier molecular flexibility index (Phi) is 3.14. The quantitative estimate of drug-likeness (QED) is 0.681. The third-order valence-corrected chi connectivity index (χ3v) is 6.34. The number of Topliss-reactive ketones (excluding diaryl/α,β-unsaturated/α-hetero) is 1. The molecule has 0 aliphatic heterocycles. The van der Waals surface area contributed by atoms with Gasteiger partial charge in [-0.2, -0.15) is 5.26 Å². The first kappa shape index (κ1) is 15.9. The molecule has 2 unspecified atom stereocenters. The summed E-state index contributed by atoms with van der Waals surface area (Å²) < 4.78 is 0. The predicted octanol–water partition coefficient (Wildman–Crippen LogP) is 3.92. The van der Waals surface area contributed by atoms with Gasteiger partial charge in [0.25, 0.3) is 0 Å². The van der Waals surface area contributed by atoms with Crippen molar-refractivity contribution in [3.8, 4) is 6.07 Å². The Balaban J connectivity index is 2.26. The molecule has 3 heteroatoms. The third kappa shape index (κ3) is 1.94. The smallest absolute Gasteiger partial charge is 0.181 e. The summed E-state index contributed by atoms with van der Waals surface area (Å²) in [6, 6.07) is 2.08. The molecular formula is C20H23NO2. The van der Waals surface area contributed by atoms with Crippen molar-refractivity contribution >= 4 is 11.6 Å². The van der Waals surface area contributed by atoms with Crippen LogP contribution >= 0.6 is 0 Å². The van der Waals surface area contributed by atoms with Gasteiger partial charge in [0.1, 0.15) is 6.07 Å². The number of allylic oxidation sites excluding steroid dienone is 6. The Morgan fingerprint density at radius 1 is 1.17 bits per heavy atom. The maximum absolute atomic E-state index is 12.6. The molecule has 3 rings (SSSR count). The molecule has 3 aliphatic carbocycles. The standard InChI is InChI=1S/C20H23NO2/c1-12-9-19(4)7-6-15-18(2,3)17(23)13(11-21)10-20(15,5)16(19)8-14(12)22/h8-10,15H,6-7H2,1-5H3/t15-,19?,20?/m0/s1. The molecule has 3 aliphatic rings. The van der Waals surface area contributed by atoms with E-state index in [0.717, 1.165) is 24.0 Å². The molecule has 0 aromatic rings. The van der Waals surface area contributed by atoms with Gasteiger partial charge >= 0.3 is 0 Å². The number of carbonyl (C=O) groups is 2. The van der Waals surface area contributed by atoms with E-state index < -0.39 is 10.8 Å². The molecule has 1 saturated carbocycles. The molecule has 0 heterocycles. The second kappa shape index (κ2) is 4.54. The highest BCUT2D eigenvalue weighted by Gasteiger charge is 2.58. The lowest BCUT2D eigenvalue weighted by atomic mass is 9.45. The van der Waals surface area contributed by atoms with Crippen molar-refractivity contribution in [2.45, 2.75) is 47.5 Å². The molecule has 0 spiro atoms. The fraction of sp³-hybridized carbons (Fsp3) is 0.550.